The number of rotatable bonds is 3. The molecule has 4 rings (SSSR count). The van der Waals surface area contributed by atoms with E-state index in [1.165, 1.54) is 45.2 Å². The molecule has 3 fully saturated rings. The number of nitrogens with zero attached hydrogens (tertiary/aromatic N) is 2. The summed E-state index contributed by atoms with van der Waals surface area (Å²) < 4.78 is 29.1. The van der Waals surface area contributed by atoms with E-state index in [1.54, 1.807) is 20.8 Å². The van der Waals surface area contributed by atoms with Crippen molar-refractivity contribution in [3.05, 3.63) is 40.4 Å². The fourth-order valence-electron chi connectivity index (χ4n) is 6.21. The standard InChI is InChI=1S/C10H19NO4S.C10H14O.C10H20.C8H18N2/c1-10(2,3)16(14,15)9-6-4-8(5-7-9)11(12)13;1-10(2,3)11-9-7-5-4-6-8-9;1-10(2,3)9-7-5-4-6-8-9;1-8(2,3)10-6-4-9-5-7-10/h8-9H,4-7H2,1-3H3;4-8H,1-3H3;9H,4-8H2,1-3H3;9H,4-7H2,1-3H3. The van der Waals surface area contributed by atoms with Crippen molar-refractivity contribution in [3.63, 3.8) is 0 Å². The molecule has 0 radical (unpaired) electrons. The second-order valence-corrected chi connectivity index (χ2v) is 20.5. The summed E-state index contributed by atoms with van der Waals surface area (Å²) in [6, 6.07) is 9.31. The smallest absolute Gasteiger partial charge is 0.213 e. The van der Waals surface area contributed by atoms with Crippen LogP contribution in [0.15, 0.2) is 30.3 Å². The largest absolute Gasteiger partial charge is 0.488 e. The first-order valence-corrected chi connectivity index (χ1v) is 19.6. The molecule has 0 aromatic heterocycles. The van der Waals surface area contributed by atoms with Crippen LogP contribution in [0.3, 0.4) is 0 Å². The van der Waals surface area contributed by atoms with Crippen molar-refractivity contribution >= 4 is 9.84 Å². The minimum atomic E-state index is -3.17. The number of para-hydroxylation sites is 1. The molecule has 2 saturated carbocycles. The third-order valence-corrected chi connectivity index (χ3v) is 12.4. The molecule has 1 aromatic carbocycles. The normalized spacial score (nSPS) is 21.9. The molecule has 0 bridgehead atoms. The molecule has 274 valence electrons. The van der Waals surface area contributed by atoms with Crippen LogP contribution in [0.25, 0.3) is 0 Å². The van der Waals surface area contributed by atoms with E-state index in [0.717, 1.165) is 24.8 Å². The van der Waals surface area contributed by atoms with Gasteiger partial charge in [-0.05, 0) is 111 Å². The van der Waals surface area contributed by atoms with E-state index in [0.29, 0.717) is 36.6 Å². The quantitative estimate of drug-likeness (QED) is 0.251. The van der Waals surface area contributed by atoms with E-state index in [-0.39, 0.29) is 10.5 Å². The summed E-state index contributed by atoms with van der Waals surface area (Å²) in [7, 11) is -3.17. The van der Waals surface area contributed by atoms with Crippen molar-refractivity contribution in [2.24, 2.45) is 11.3 Å². The van der Waals surface area contributed by atoms with Crippen LogP contribution in [0, 0.1) is 21.4 Å². The van der Waals surface area contributed by atoms with Gasteiger partial charge in [-0.3, -0.25) is 15.0 Å². The van der Waals surface area contributed by atoms with Crippen LogP contribution in [0.4, 0.5) is 0 Å². The lowest BCUT2D eigenvalue weighted by Gasteiger charge is -2.38. The van der Waals surface area contributed by atoms with Crippen LogP contribution < -0.4 is 10.1 Å². The molecule has 3 aliphatic rings. The monoisotopic (exact) mass is 682 g/mol. The molecule has 0 unspecified atom stereocenters. The Labute approximate surface area is 289 Å². The number of piperazine rings is 1. The number of hydrogen-bond donors (Lipinski definition) is 1. The average molecular weight is 682 g/mol. The molecule has 1 aliphatic heterocycles. The number of benzene rings is 1. The predicted octanol–water partition coefficient (Wildman–Crippen LogP) is 8.95. The lowest BCUT2D eigenvalue weighted by Crippen LogP contribution is -2.51. The summed E-state index contributed by atoms with van der Waals surface area (Å²) in [5.74, 6) is 1.93. The SMILES string of the molecule is CC(C)(C)C1CCCCC1.CC(C)(C)N1CCNCC1.CC(C)(C)Oc1ccccc1.CC(C)(C)S(=O)(=O)C1CCC([N+](=O)[O-])CC1. The maximum absolute atomic E-state index is 12.1. The second kappa shape index (κ2) is 18.9. The number of sulfone groups is 1. The van der Waals surface area contributed by atoms with Crippen molar-refractivity contribution in [3.8, 4) is 5.75 Å². The summed E-state index contributed by atoms with van der Waals surface area (Å²) in [6.45, 7) is 29.8. The summed E-state index contributed by atoms with van der Waals surface area (Å²) in [6.07, 6.45) is 8.99. The van der Waals surface area contributed by atoms with Gasteiger partial charge >= 0.3 is 0 Å². The molecule has 1 saturated heterocycles. The van der Waals surface area contributed by atoms with E-state index >= 15 is 0 Å². The Morgan fingerprint density at radius 2 is 1.26 bits per heavy atom. The number of nitro groups is 1. The highest BCUT2D eigenvalue weighted by atomic mass is 32.2. The van der Waals surface area contributed by atoms with Gasteiger partial charge in [0.1, 0.15) is 11.4 Å². The first-order valence-electron chi connectivity index (χ1n) is 18.0. The minimum Gasteiger partial charge on any atom is -0.488 e. The van der Waals surface area contributed by atoms with E-state index in [4.69, 9.17) is 4.74 Å². The molecule has 1 heterocycles. The van der Waals surface area contributed by atoms with Gasteiger partial charge in [-0.15, -0.1) is 0 Å². The summed E-state index contributed by atoms with van der Waals surface area (Å²) >= 11 is 0. The average Bonchev–Trinajstić information content (AvgIpc) is 2.97. The van der Waals surface area contributed by atoms with Crippen LogP contribution in [-0.2, 0) is 9.84 Å². The summed E-state index contributed by atoms with van der Waals surface area (Å²) in [5.41, 5.74) is 0.837. The Morgan fingerprint density at radius 1 is 0.766 bits per heavy atom. The lowest BCUT2D eigenvalue weighted by molar-refractivity contribution is -0.526. The molecule has 47 heavy (non-hydrogen) atoms. The molecule has 1 N–H and O–H groups in total. The zero-order chi connectivity index (χ0) is 36.1. The van der Waals surface area contributed by atoms with Crippen molar-refractivity contribution in [2.45, 2.75) is 168 Å². The van der Waals surface area contributed by atoms with Gasteiger partial charge in [0.15, 0.2) is 9.84 Å². The Bertz CT molecular complexity index is 1080. The highest BCUT2D eigenvalue weighted by Crippen LogP contribution is 2.37. The van der Waals surface area contributed by atoms with Gasteiger partial charge < -0.3 is 10.1 Å². The topological polar surface area (TPSA) is 102 Å². The number of nitrogens with one attached hydrogen (secondary N) is 1. The first-order chi connectivity index (χ1) is 21.4. The van der Waals surface area contributed by atoms with E-state index < -0.39 is 25.9 Å². The number of hydrogen-bond acceptors (Lipinski definition) is 7. The van der Waals surface area contributed by atoms with E-state index in [9.17, 15) is 18.5 Å². The van der Waals surface area contributed by atoms with Crippen LogP contribution in [0.2, 0.25) is 0 Å². The van der Waals surface area contributed by atoms with Crippen LogP contribution in [-0.4, -0.2) is 71.6 Å². The Balaban J connectivity index is 0.000000320. The molecular formula is C38H71N3O5S. The van der Waals surface area contributed by atoms with Gasteiger partial charge in [-0.1, -0.05) is 58.2 Å². The van der Waals surface area contributed by atoms with Gasteiger partial charge in [-0.25, -0.2) is 8.42 Å². The maximum Gasteiger partial charge on any atom is 0.213 e. The molecule has 1 aromatic rings. The Morgan fingerprint density at radius 3 is 1.60 bits per heavy atom. The fraction of sp³-hybridized carbons (Fsp3) is 0.842. The van der Waals surface area contributed by atoms with E-state index in [1.807, 2.05) is 51.1 Å². The van der Waals surface area contributed by atoms with Crippen LogP contribution in [0.1, 0.15) is 141 Å². The van der Waals surface area contributed by atoms with Crippen molar-refractivity contribution in [1.82, 2.24) is 10.2 Å². The van der Waals surface area contributed by atoms with Gasteiger partial charge in [0.05, 0.1) is 10.00 Å². The van der Waals surface area contributed by atoms with Crippen molar-refractivity contribution < 1.29 is 18.1 Å². The lowest BCUT2D eigenvalue weighted by atomic mass is 9.72. The highest BCUT2D eigenvalue weighted by Gasteiger charge is 2.41. The molecule has 0 amide bonds. The molecule has 8 nitrogen and oxygen atoms in total. The Kier molecular flexibility index (Phi) is 17.4. The minimum absolute atomic E-state index is 0.0959. The van der Waals surface area contributed by atoms with Crippen molar-refractivity contribution in [1.29, 1.82) is 0 Å². The predicted molar refractivity (Wildman–Crippen MR) is 199 cm³/mol. The third-order valence-electron chi connectivity index (χ3n) is 9.30. The molecule has 9 heteroatoms. The molecule has 2 aliphatic carbocycles. The Hall–Kier alpha value is -1.71. The zero-order valence-electron chi connectivity index (χ0n) is 32.2. The van der Waals surface area contributed by atoms with Crippen LogP contribution >= 0.6 is 0 Å². The summed E-state index contributed by atoms with van der Waals surface area (Å²) in [5, 5.41) is 13.5. The van der Waals surface area contributed by atoms with Gasteiger partial charge in [0.2, 0.25) is 6.04 Å². The second-order valence-electron chi connectivity index (χ2n) is 17.5. The maximum atomic E-state index is 12.1. The van der Waals surface area contributed by atoms with E-state index in [2.05, 4.69) is 51.8 Å². The van der Waals surface area contributed by atoms with Gasteiger partial charge in [0, 0.05) is 49.5 Å². The van der Waals surface area contributed by atoms with Gasteiger partial charge in [0.25, 0.3) is 0 Å². The third kappa shape index (κ3) is 17.0. The van der Waals surface area contributed by atoms with Gasteiger partial charge in [-0.2, -0.15) is 0 Å². The van der Waals surface area contributed by atoms with Crippen LogP contribution in [0.5, 0.6) is 5.75 Å². The van der Waals surface area contributed by atoms with Crippen molar-refractivity contribution in [2.75, 3.05) is 26.2 Å². The fourth-order valence-corrected chi connectivity index (χ4v) is 8.11. The molecular weight excluding hydrogens is 611 g/mol. The number of ether oxygens (including phenoxy) is 1. The zero-order valence-corrected chi connectivity index (χ0v) is 33.0. The molecule has 0 spiro atoms. The first kappa shape index (κ1) is 43.3. The molecule has 0 atom stereocenters. The summed E-state index contributed by atoms with van der Waals surface area (Å²) in [4.78, 5) is 12.8. The highest BCUT2D eigenvalue weighted by molar-refractivity contribution is 7.93.